The summed E-state index contributed by atoms with van der Waals surface area (Å²) in [6.45, 7) is 6.71. The molecule has 1 unspecified atom stereocenters. The molecule has 12 heavy (non-hydrogen) atoms. The fourth-order valence-corrected chi connectivity index (χ4v) is 1.97. The zero-order chi connectivity index (χ0) is 8.55. The molecule has 2 rings (SSSR count). The fraction of sp³-hybridized carbons (Fsp3) is 0.600. The van der Waals surface area contributed by atoms with Crippen LogP contribution >= 0.6 is 0 Å². The van der Waals surface area contributed by atoms with Gasteiger partial charge in [-0.05, 0) is 17.5 Å². The van der Waals surface area contributed by atoms with Gasteiger partial charge in [-0.3, -0.25) is 0 Å². The monoisotopic (exact) mass is 164 g/mol. The highest BCUT2D eigenvalue weighted by Gasteiger charge is 2.22. The van der Waals surface area contributed by atoms with Crippen molar-refractivity contribution in [3.8, 4) is 0 Å². The van der Waals surface area contributed by atoms with Gasteiger partial charge in [-0.2, -0.15) is 0 Å². The van der Waals surface area contributed by atoms with Crippen LogP contribution in [-0.4, -0.2) is 11.5 Å². The van der Waals surface area contributed by atoms with E-state index in [9.17, 15) is 0 Å². The van der Waals surface area contributed by atoms with E-state index in [-0.39, 0.29) is 0 Å². The van der Waals surface area contributed by atoms with Crippen LogP contribution in [0.5, 0.6) is 0 Å². The van der Waals surface area contributed by atoms with E-state index in [4.69, 9.17) is 0 Å². The number of hydrogen-bond donors (Lipinski definition) is 2. The van der Waals surface area contributed by atoms with Gasteiger partial charge in [-0.25, -0.2) is 0 Å². The van der Waals surface area contributed by atoms with E-state index in [1.165, 1.54) is 11.3 Å². The molecule has 1 aromatic rings. The van der Waals surface area contributed by atoms with Crippen LogP contribution in [0.15, 0.2) is 12.3 Å². The molecule has 1 aromatic heterocycles. The Kier molecular flexibility index (Phi) is 1.93. The molecule has 0 bridgehead atoms. The van der Waals surface area contributed by atoms with Gasteiger partial charge in [-0.15, -0.1) is 0 Å². The minimum atomic E-state index is 0.694. The van der Waals surface area contributed by atoms with Crippen LogP contribution < -0.4 is 5.32 Å². The van der Waals surface area contributed by atoms with Crippen LogP contribution in [0.4, 0.5) is 0 Å². The van der Waals surface area contributed by atoms with E-state index < -0.39 is 0 Å². The molecule has 66 valence electrons. The molecule has 0 radical (unpaired) electrons. The van der Waals surface area contributed by atoms with Crippen molar-refractivity contribution in [2.75, 3.05) is 6.54 Å². The third kappa shape index (κ3) is 1.16. The number of nitrogens with one attached hydrogen (secondary N) is 2. The zero-order valence-electron chi connectivity index (χ0n) is 7.72. The third-order valence-electron chi connectivity index (χ3n) is 2.74. The number of rotatable bonds is 1. The predicted molar refractivity (Wildman–Crippen MR) is 50.1 cm³/mol. The average molecular weight is 164 g/mol. The molecule has 0 aliphatic carbocycles. The molecule has 2 heteroatoms. The fourth-order valence-electron chi connectivity index (χ4n) is 1.97. The van der Waals surface area contributed by atoms with Crippen molar-refractivity contribution >= 4 is 0 Å². The molecule has 2 N–H and O–H groups in total. The first-order valence-corrected chi connectivity index (χ1v) is 4.66. The molecule has 0 aromatic carbocycles. The van der Waals surface area contributed by atoms with Crippen LogP contribution in [0, 0.1) is 5.92 Å². The lowest BCUT2D eigenvalue weighted by atomic mass is 9.86. The molecular formula is C10H16N2. The van der Waals surface area contributed by atoms with Gasteiger partial charge in [0, 0.05) is 30.9 Å². The van der Waals surface area contributed by atoms with E-state index in [0.717, 1.165) is 19.0 Å². The molecule has 0 saturated heterocycles. The van der Waals surface area contributed by atoms with Gasteiger partial charge in [0.05, 0.1) is 0 Å². The van der Waals surface area contributed by atoms with Crippen molar-refractivity contribution in [3.63, 3.8) is 0 Å². The summed E-state index contributed by atoms with van der Waals surface area (Å²) in [7, 11) is 0. The van der Waals surface area contributed by atoms with Crippen molar-refractivity contribution < 1.29 is 0 Å². The average Bonchev–Trinajstić information content (AvgIpc) is 2.49. The van der Waals surface area contributed by atoms with Crippen molar-refractivity contribution in [1.29, 1.82) is 0 Å². The Morgan fingerprint density at radius 2 is 2.33 bits per heavy atom. The molecule has 0 amide bonds. The van der Waals surface area contributed by atoms with E-state index in [1.807, 2.05) is 6.20 Å². The normalized spacial score (nSPS) is 22.8. The predicted octanol–water partition coefficient (Wildman–Crippen LogP) is 1.86. The van der Waals surface area contributed by atoms with E-state index in [2.05, 4.69) is 30.2 Å². The maximum Gasteiger partial charge on any atom is 0.0360 e. The van der Waals surface area contributed by atoms with E-state index >= 15 is 0 Å². The lowest BCUT2D eigenvalue weighted by Gasteiger charge is -2.26. The van der Waals surface area contributed by atoms with E-state index in [1.54, 1.807) is 0 Å². The van der Waals surface area contributed by atoms with Gasteiger partial charge >= 0.3 is 0 Å². The molecule has 1 aliphatic heterocycles. The Hall–Kier alpha value is -0.760. The summed E-state index contributed by atoms with van der Waals surface area (Å²) in [5.41, 5.74) is 2.89. The van der Waals surface area contributed by atoms with Crippen molar-refractivity contribution in [1.82, 2.24) is 10.3 Å². The Morgan fingerprint density at radius 1 is 1.50 bits per heavy atom. The minimum Gasteiger partial charge on any atom is -0.364 e. The Bertz CT molecular complexity index is 263. The Labute approximate surface area is 73.4 Å². The summed E-state index contributed by atoms with van der Waals surface area (Å²) in [6.07, 6.45) is 2.05. The topological polar surface area (TPSA) is 27.8 Å². The quantitative estimate of drug-likeness (QED) is 0.651. The second-order valence-electron chi connectivity index (χ2n) is 3.89. The largest absolute Gasteiger partial charge is 0.364 e. The molecule has 1 atom stereocenters. The minimum absolute atomic E-state index is 0.694. The Balaban J connectivity index is 2.31. The summed E-state index contributed by atoms with van der Waals surface area (Å²) in [4.78, 5) is 3.28. The second-order valence-corrected chi connectivity index (χ2v) is 3.89. The van der Waals surface area contributed by atoms with Gasteiger partial charge in [0.2, 0.25) is 0 Å². The highest BCUT2D eigenvalue weighted by Crippen LogP contribution is 2.28. The number of aromatic nitrogens is 1. The van der Waals surface area contributed by atoms with Gasteiger partial charge in [-0.1, -0.05) is 13.8 Å². The van der Waals surface area contributed by atoms with Gasteiger partial charge < -0.3 is 10.3 Å². The van der Waals surface area contributed by atoms with Gasteiger partial charge in [0.1, 0.15) is 0 Å². The van der Waals surface area contributed by atoms with Crippen molar-refractivity contribution in [2.45, 2.75) is 26.3 Å². The third-order valence-corrected chi connectivity index (χ3v) is 2.74. The maximum absolute atomic E-state index is 3.43. The number of hydrogen-bond acceptors (Lipinski definition) is 1. The summed E-state index contributed by atoms with van der Waals surface area (Å²) in [6, 6.07) is 2.22. The van der Waals surface area contributed by atoms with Crippen LogP contribution in [0.3, 0.4) is 0 Å². The summed E-state index contributed by atoms with van der Waals surface area (Å²) >= 11 is 0. The summed E-state index contributed by atoms with van der Waals surface area (Å²) in [5, 5.41) is 3.43. The molecule has 1 aliphatic rings. The zero-order valence-corrected chi connectivity index (χ0v) is 7.72. The number of aromatic amines is 1. The molecule has 2 heterocycles. The number of fused-ring (bicyclic) bond motifs is 1. The van der Waals surface area contributed by atoms with Gasteiger partial charge in [0.15, 0.2) is 0 Å². The lowest BCUT2D eigenvalue weighted by Crippen LogP contribution is -2.30. The van der Waals surface area contributed by atoms with Crippen LogP contribution in [0.25, 0.3) is 0 Å². The Morgan fingerprint density at radius 3 is 3.08 bits per heavy atom. The first kappa shape index (κ1) is 7.87. The maximum atomic E-state index is 3.43. The van der Waals surface area contributed by atoms with Crippen LogP contribution in [0.2, 0.25) is 0 Å². The first-order chi connectivity index (χ1) is 5.79. The molecule has 2 nitrogen and oxygen atoms in total. The SMILES string of the molecule is CC(C)C1CNCc2[nH]ccc21. The van der Waals surface area contributed by atoms with Crippen LogP contribution in [0.1, 0.15) is 31.0 Å². The van der Waals surface area contributed by atoms with Crippen molar-refractivity contribution in [2.24, 2.45) is 5.92 Å². The standard InChI is InChI=1S/C10H16N2/c1-7(2)9-5-11-6-10-8(9)3-4-12-10/h3-4,7,9,11-12H,5-6H2,1-2H3. The van der Waals surface area contributed by atoms with Crippen molar-refractivity contribution in [3.05, 3.63) is 23.5 Å². The smallest absolute Gasteiger partial charge is 0.0360 e. The highest BCUT2D eigenvalue weighted by atomic mass is 14.9. The summed E-state index contributed by atoms with van der Waals surface area (Å²) in [5.74, 6) is 1.42. The molecule has 0 spiro atoms. The second kappa shape index (κ2) is 2.94. The van der Waals surface area contributed by atoms with Gasteiger partial charge in [0.25, 0.3) is 0 Å². The molecular weight excluding hydrogens is 148 g/mol. The summed E-state index contributed by atoms with van der Waals surface area (Å²) < 4.78 is 0. The molecule has 0 fully saturated rings. The van der Waals surface area contributed by atoms with E-state index in [0.29, 0.717) is 5.92 Å². The molecule has 0 saturated carbocycles. The number of H-pyrrole nitrogens is 1. The van der Waals surface area contributed by atoms with Crippen LogP contribution in [-0.2, 0) is 6.54 Å². The first-order valence-electron chi connectivity index (χ1n) is 4.66. The highest BCUT2D eigenvalue weighted by molar-refractivity contribution is 5.28. The lowest BCUT2D eigenvalue weighted by molar-refractivity contribution is 0.434.